The molecule has 0 aliphatic rings. The number of oxime groups is 1. The molecule has 0 radical (unpaired) electrons. The fraction of sp³-hybridized carbons (Fsp3) is 0.857. The van der Waals surface area contributed by atoms with Crippen LogP contribution in [0.2, 0.25) is 0 Å². The summed E-state index contributed by atoms with van der Waals surface area (Å²) in [6.45, 7) is 5.13. The molecule has 0 aromatic carbocycles. The first-order valence-electron chi connectivity index (χ1n) is 3.77. The molecule has 0 spiro atoms. The van der Waals surface area contributed by atoms with Crippen molar-refractivity contribution in [2.75, 3.05) is 13.2 Å². The Balaban J connectivity index is 3.44. The van der Waals surface area contributed by atoms with Gasteiger partial charge in [-0.1, -0.05) is 19.0 Å². The molecule has 3 N–H and O–H groups in total. The summed E-state index contributed by atoms with van der Waals surface area (Å²) in [6, 6.07) is 0. The average molecular weight is 160 g/mol. The Morgan fingerprint density at radius 2 is 2.36 bits per heavy atom. The molecule has 0 bridgehead atoms. The van der Waals surface area contributed by atoms with Crippen LogP contribution in [-0.4, -0.2) is 24.3 Å². The lowest BCUT2D eigenvalue weighted by Crippen LogP contribution is -2.25. The van der Waals surface area contributed by atoms with Crippen LogP contribution in [-0.2, 0) is 4.74 Å². The highest BCUT2D eigenvalue weighted by Crippen LogP contribution is 1.95. The fourth-order valence-electron chi connectivity index (χ4n) is 0.588. The van der Waals surface area contributed by atoms with Crippen molar-refractivity contribution >= 4 is 5.84 Å². The van der Waals surface area contributed by atoms with Gasteiger partial charge in [0.05, 0.1) is 6.61 Å². The lowest BCUT2D eigenvalue weighted by Gasteiger charge is -2.08. The third-order valence-electron chi connectivity index (χ3n) is 1.34. The smallest absolute Gasteiger partial charge is 0.144 e. The zero-order chi connectivity index (χ0) is 8.69. The van der Waals surface area contributed by atoms with Gasteiger partial charge in [-0.25, -0.2) is 0 Å². The summed E-state index contributed by atoms with van der Waals surface area (Å²) in [4.78, 5) is 0. The summed E-state index contributed by atoms with van der Waals surface area (Å²) in [5.74, 6) is 0.215. The van der Waals surface area contributed by atoms with E-state index in [2.05, 4.69) is 5.16 Å². The summed E-state index contributed by atoms with van der Waals surface area (Å²) in [5, 5.41) is 11.2. The zero-order valence-electron chi connectivity index (χ0n) is 7.08. The summed E-state index contributed by atoms with van der Waals surface area (Å²) >= 11 is 0. The van der Waals surface area contributed by atoms with Gasteiger partial charge in [-0.05, 0) is 6.42 Å². The number of amidine groups is 1. The van der Waals surface area contributed by atoms with Crippen molar-refractivity contribution in [2.24, 2.45) is 16.8 Å². The molecule has 0 aliphatic heterocycles. The molecule has 0 fully saturated rings. The molecule has 11 heavy (non-hydrogen) atoms. The van der Waals surface area contributed by atoms with Gasteiger partial charge >= 0.3 is 0 Å². The third-order valence-corrected chi connectivity index (χ3v) is 1.34. The van der Waals surface area contributed by atoms with Gasteiger partial charge in [0.1, 0.15) is 5.84 Å². The monoisotopic (exact) mass is 160 g/mol. The first-order chi connectivity index (χ1) is 5.22. The van der Waals surface area contributed by atoms with Gasteiger partial charge in [-0.2, -0.15) is 0 Å². The molecule has 0 aromatic rings. The Hall–Kier alpha value is -0.770. The van der Waals surface area contributed by atoms with Gasteiger partial charge < -0.3 is 15.7 Å². The van der Waals surface area contributed by atoms with Crippen LogP contribution in [0.1, 0.15) is 20.3 Å². The van der Waals surface area contributed by atoms with Crippen LogP contribution in [0.5, 0.6) is 0 Å². The van der Waals surface area contributed by atoms with E-state index in [0.29, 0.717) is 6.61 Å². The number of nitrogens with two attached hydrogens (primary N) is 1. The SMILES string of the molecule is CCCOCC(C)/C(N)=N/O. The minimum Gasteiger partial charge on any atom is -0.409 e. The zero-order valence-corrected chi connectivity index (χ0v) is 7.08. The molecule has 1 atom stereocenters. The van der Waals surface area contributed by atoms with Gasteiger partial charge in [0.2, 0.25) is 0 Å². The second-order valence-electron chi connectivity index (χ2n) is 2.50. The maximum absolute atomic E-state index is 8.27. The first-order valence-corrected chi connectivity index (χ1v) is 3.77. The number of ether oxygens (including phenoxy) is 1. The Kier molecular flexibility index (Phi) is 5.56. The number of nitrogens with zero attached hydrogens (tertiary/aromatic N) is 1. The highest BCUT2D eigenvalue weighted by atomic mass is 16.5. The molecule has 0 aliphatic carbocycles. The van der Waals surface area contributed by atoms with Gasteiger partial charge in [-0.15, -0.1) is 0 Å². The van der Waals surface area contributed by atoms with Crippen LogP contribution in [0.25, 0.3) is 0 Å². The Labute approximate surface area is 67.0 Å². The van der Waals surface area contributed by atoms with Gasteiger partial charge in [0.25, 0.3) is 0 Å². The molecule has 0 heterocycles. The number of hydrogen-bond donors (Lipinski definition) is 2. The van der Waals surface area contributed by atoms with E-state index in [1.807, 2.05) is 13.8 Å². The van der Waals surface area contributed by atoms with E-state index >= 15 is 0 Å². The molecule has 0 saturated heterocycles. The van der Waals surface area contributed by atoms with Gasteiger partial charge in [-0.3, -0.25) is 0 Å². The molecule has 4 heteroatoms. The predicted octanol–water partition coefficient (Wildman–Crippen LogP) is 0.796. The summed E-state index contributed by atoms with van der Waals surface area (Å²) in [7, 11) is 0. The lowest BCUT2D eigenvalue weighted by molar-refractivity contribution is 0.120. The maximum atomic E-state index is 8.27. The Bertz CT molecular complexity index is 126. The maximum Gasteiger partial charge on any atom is 0.144 e. The van der Waals surface area contributed by atoms with Crippen LogP contribution >= 0.6 is 0 Å². The second-order valence-corrected chi connectivity index (χ2v) is 2.50. The molecule has 0 rings (SSSR count). The minimum atomic E-state index is -0.00782. The average Bonchev–Trinajstić information content (AvgIpc) is 2.03. The molecular formula is C7H16N2O2. The van der Waals surface area contributed by atoms with Crippen LogP contribution < -0.4 is 5.73 Å². The van der Waals surface area contributed by atoms with E-state index in [-0.39, 0.29) is 11.8 Å². The largest absolute Gasteiger partial charge is 0.409 e. The van der Waals surface area contributed by atoms with Gasteiger partial charge in [0.15, 0.2) is 0 Å². The standard InChI is InChI=1S/C7H16N2O2/c1-3-4-11-5-6(2)7(8)9-10/h6,10H,3-5H2,1-2H3,(H2,8,9). The number of hydrogen-bond acceptors (Lipinski definition) is 3. The van der Waals surface area contributed by atoms with E-state index in [1.54, 1.807) is 0 Å². The molecule has 0 aromatic heterocycles. The van der Waals surface area contributed by atoms with Crippen molar-refractivity contribution in [1.29, 1.82) is 0 Å². The van der Waals surface area contributed by atoms with E-state index in [0.717, 1.165) is 13.0 Å². The fourth-order valence-corrected chi connectivity index (χ4v) is 0.588. The van der Waals surface area contributed by atoms with Crippen molar-refractivity contribution in [3.63, 3.8) is 0 Å². The molecule has 0 amide bonds. The Morgan fingerprint density at radius 3 is 2.82 bits per heavy atom. The highest BCUT2D eigenvalue weighted by molar-refractivity contribution is 5.81. The predicted molar refractivity (Wildman–Crippen MR) is 43.7 cm³/mol. The van der Waals surface area contributed by atoms with Crippen LogP contribution in [0.3, 0.4) is 0 Å². The van der Waals surface area contributed by atoms with E-state index in [4.69, 9.17) is 15.7 Å². The van der Waals surface area contributed by atoms with Crippen LogP contribution in [0, 0.1) is 5.92 Å². The Morgan fingerprint density at radius 1 is 1.73 bits per heavy atom. The summed E-state index contributed by atoms with van der Waals surface area (Å²) in [6.07, 6.45) is 0.989. The normalized spacial score (nSPS) is 14.9. The van der Waals surface area contributed by atoms with Crippen molar-refractivity contribution in [3.05, 3.63) is 0 Å². The number of rotatable bonds is 5. The quantitative estimate of drug-likeness (QED) is 0.205. The highest BCUT2D eigenvalue weighted by Gasteiger charge is 2.06. The minimum absolute atomic E-state index is 0.00782. The summed E-state index contributed by atoms with van der Waals surface area (Å²) < 4.78 is 5.20. The topological polar surface area (TPSA) is 67.8 Å². The molecule has 1 unspecified atom stereocenters. The summed E-state index contributed by atoms with van der Waals surface area (Å²) in [5.41, 5.74) is 5.32. The second kappa shape index (κ2) is 5.97. The molecule has 0 saturated carbocycles. The van der Waals surface area contributed by atoms with Crippen molar-refractivity contribution in [3.8, 4) is 0 Å². The van der Waals surface area contributed by atoms with Crippen molar-refractivity contribution in [1.82, 2.24) is 0 Å². The molecule has 66 valence electrons. The van der Waals surface area contributed by atoms with E-state index in [9.17, 15) is 0 Å². The van der Waals surface area contributed by atoms with Crippen molar-refractivity contribution in [2.45, 2.75) is 20.3 Å². The van der Waals surface area contributed by atoms with E-state index < -0.39 is 0 Å². The van der Waals surface area contributed by atoms with Crippen molar-refractivity contribution < 1.29 is 9.94 Å². The first kappa shape index (κ1) is 10.2. The molecular weight excluding hydrogens is 144 g/mol. The van der Waals surface area contributed by atoms with Crippen LogP contribution in [0.15, 0.2) is 5.16 Å². The van der Waals surface area contributed by atoms with Gasteiger partial charge in [0, 0.05) is 12.5 Å². The lowest BCUT2D eigenvalue weighted by atomic mass is 10.2. The van der Waals surface area contributed by atoms with Crippen LogP contribution in [0.4, 0.5) is 0 Å². The van der Waals surface area contributed by atoms with E-state index in [1.165, 1.54) is 0 Å². The molecule has 4 nitrogen and oxygen atoms in total. The third kappa shape index (κ3) is 4.61.